The number of ether oxygens (including phenoxy) is 2. The molecular weight excluding hydrogens is 514 g/mol. The first-order valence-corrected chi connectivity index (χ1v) is 13.6. The summed E-state index contributed by atoms with van der Waals surface area (Å²) in [6, 6.07) is 0.0198. The van der Waals surface area contributed by atoms with Crippen LogP contribution in [-0.2, 0) is 15.7 Å². The summed E-state index contributed by atoms with van der Waals surface area (Å²) in [5, 5.41) is 5.78. The maximum absolute atomic E-state index is 14.8. The lowest BCUT2D eigenvalue weighted by Crippen LogP contribution is -2.43. The molecule has 1 saturated heterocycles. The molecule has 0 aromatic carbocycles. The lowest BCUT2D eigenvalue weighted by Gasteiger charge is -2.32. The summed E-state index contributed by atoms with van der Waals surface area (Å²) in [6.07, 6.45) is 7.84. The van der Waals surface area contributed by atoms with Crippen molar-refractivity contribution in [2.45, 2.75) is 69.8 Å². The SMILES string of the molecule is CC1C=C(Nc2nc(NC3CCCCC3N)c(F)cc2C(F)(F)F)C=C2C=CN=C(COCC3CCCO3)C21. The van der Waals surface area contributed by atoms with E-state index in [1.807, 2.05) is 19.1 Å². The predicted molar refractivity (Wildman–Crippen MR) is 142 cm³/mol. The topological polar surface area (TPSA) is 93.8 Å². The molecule has 4 aliphatic rings. The Morgan fingerprint density at radius 3 is 2.72 bits per heavy atom. The van der Waals surface area contributed by atoms with Gasteiger partial charge in [-0.3, -0.25) is 4.99 Å². The number of halogens is 4. The van der Waals surface area contributed by atoms with E-state index in [9.17, 15) is 17.6 Å². The van der Waals surface area contributed by atoms with Crippen LogP contribution in [0.15, 0.2) is 46.8 Å². The molecule has 0 amide bonds. The minimum atomic E-state index is -4.79. The number of aromatic nitrogens is 1. The zero-order valence-electron chi connectivity index (χ0n) is 21.9. The second-order valence-corrected chi connectivity index (χ2v) is 10.7. The lowest BCUT2D eigenvalue weighted by atomic mass is 9.78. The Morgan fingerprint density at radius 2 is 1.97 bits per heavy atom. The number of rotatable bonds is 8. The number of hydrogen-bond donors (Lipinski definition) is 3. The highest BCUT2D eigenvalue weighted by Gasteiger charge is 2.37. The van der Waals surface area contributed by atoms with E-state index in [1.165, 1.54) is 0 Å². The van der Waals surface area contributed by atoms with E-state index < -0.39 is 23.4 Å². The van der Waals surface area contributed by atoms with Crippen LogP contribution in [0.4, 0.5) is 29.2 Å². The Kier molecular flexibility index (Phi) is 8.39. The number of allylic oxidation sites excluding steroid dienone is 4. The van der Waals surface area contributed by atoms with E-state index in [4.69, 9.17) is 15.2 Å². The molecule has 4 N–H and O–H groups in total. The molecule has 39 heavy (non-hydrogen) atoms. The molecule has 1 aromatic heterocycles. The smallest absolute Gasteiger partial charge is 0.376 e. The first-order chi connectivity index (χ1) is 18.7. The van der Waals surface area contributed by atoms with E-state index in [1.54, 1.807) is 12.3 Å². The van der Waals surface area contributed by atoms with Crippen molar-refractivity contribution in [1.82, 2.24) is 4.98 Å². The van der Waals surface area contributed by atoms with Gasteiger partial charge in [0.05, 0.1) is 25.0 Å². The maximum atomic E-state index is 14.8. The summed E-state index contributed by atoms with van der Waals surface area (Å²) in [5.41, 5.74) is 7.20. The van der Waals surface area contributed by atoms with Gasteiger partial charge in [0, 0.05) is 36.5 Å². The number of aliphatic imine (C=N–C) groups is 1. The Balaban J connectivity index is 1.33. The fourth-order valence-corrected chi connectivity index (χ4v) is 5.78. The monoisotopic (exact) mass is 549 g/mol. The minimum absolute atomic E-state index is 0.0571. The van der Waals surface area contributed by atoms with Gasteiger partial charge < -0.3 is 25.8 Å². The van der Waals surface area contributed by atoms with Crippen molar-refractivity contribution in [3.8, 4) is 0 Å². The zero-order valence-corrected chi connectivity index (χ0v) is 21.9. The van der Waals surface area contributed by atoms with Gasteiger partial charge in [-0.25, -0.2) is 9.37 Å². The second-order valence-electron chi connectivity index (χ2n) is 10.7. The standard InChI is InChI=1S/C28H35F4N5O2/c1-16-11-18(12-17-8-9-34-24(25(16)17)15-38-14-19-5-4-10-39-19)35-26-20(28(30,31)32)13-21(29)27(37-26)36-23-7-3-2-6-22(23)33/h8-9,11-13,16,19,22-23,25H,2-7,10,14-15,33H2,1H3,(H2,35,36,37). The van der Waals surface area contributed by atoms with Crippen molar-refractivity contribution in [1.29, 1.82) is 0 Å². The zero-order chi connectivity index (χ0) is 27.6. The summed E-state index contributed by atoms with van der Waals surface area (Å²) < 4.78 is 68.0. The molecule has 2 aliphatic heterocycles. The molecule has 2 fully saturated rings. The molecule has 1 aromatic rings. The highest BCUT2D eigenvalue weighted by atomic mass is 19.4. The van der Waals surface area contributed by atoms with Gasteiger partial charge in [-0.2, -0.15) is 13.2 Å². The number of nitrogens with one attached hydrogen (secondary N) is 2. The van der Waals surface area contributed by atoms with E-state index in [-0.39, 0.29) is 35.8 Å². The number of pyridine rings is 1. The van der Waals surface area contributed by atoms with Gasteiger partial charge in [0.2, 0.25) is 0 Å². The summed E-state index contributed by atoms with van der Waals surface area (Å²) >= 11 is 0. The van der Waals surface area contributed by atoms with Gasteiger partial charge in [0.25, 0.3) is 0 Å². The van der Waals surface area contributed by atoms with Crippen molar-refractivity contribution in [3.05, 3.63) is 53.1 Å². The van der Waals surface area contributed by atoms with Crippen LogP contribution in [0, 0.1) is 17.7 Å². The van der Waals surface area contributed by atoms with Crippen LogP contribution in [0.1, 0.15) is 51.0 Å². The van der Waals surface area contributed by atoms with Crippen molar-refractivity contribution >= 4 is 17.3 Å². The summed E-state index contributed by atoms with van der Waals surface area (Å²) in [7, 11) is 0. The van der Waals surface area contributed by atoms with Gasteiger partial charge in [0.15, 0.2) is 11.6 Å². The first kappa shape index (κ1) is 27.8. The van der Waals surface area contributed by atoms with Crippen LogP contribution >= 0.6 is 0 Å². The van der Waals surface area contributed by atoms with Crippen LogP contribution in [-0.4, -0.2) is 48.7 Å². The number of alkyl halides is 3. The molecule has 1 saturated carbocycles. The van der Waals surface area contributed by atoms with Gasteiger partial charge in [0.1, 0.15) is 11.4 Å². The van der Waals surface area contributed by atoms with Crippen molar-refractivity contribution < 1.29 is 27.0 Å². The van der Waals surface area contributed by atoms with E-state index in [0.717, 1.165) is 50.0 Å². The quantitative estimate of drug-likeness (QED) is 0.367. The Hall–Kier alpha value is -2.76. The number of hydrogen-bond acceptors (Lipinski definition) is 7. The fraction of sp³-hybridized carbons (Fsp3) is 0.571. The molecule has 2 aliphatic carbocycles. The molecule has 0 radical (unpaired) electrons. The van der Waals surface area contributed by atoms with Gasteiger partial charge in [-0.15, -0.1) is 0 Å². The van der Waals surface area contributed by atoms with Crippen LogP contribution < -0.4 is 16.4 Å². The number of anilines is 2. The van der Waals surface area contributed by atoms with E-state index in [2.05, 4.69) is 20.6 Å². The van der Waals surface area contributed by atoms with Crippen LogP contribution in [0.3, 0.4) is 0 Å². The van der Waals surface area contributed by atoms with Crippen molar-refractivity contribution in [2.24, 2.45) is 22.6 Å². The van der Waals surface area contributed by atoms with Crippen LogP contribution in [0.2, 0.25) is 0 Å². The Morgan fingerprint density at radius 1 is 1.15 bits per heavy atom. The molecule has 3 heterocycles. The fourth-order valence-electron chi connectivity index (χ4n) is 5.78. The first-order valence-electron chi connectivity index (χ1n) is 13.6. The molecule has 11 heteroatoms. The summed E-state index contributed by atoms with van der Waals surface area (Å²) in [5.74, 6) is -1.89. The van der Waals surface area contributed by atoms with Crippen molar-refractivity contribution in [3.63, 3.8) is 0 Å². The molecule has 0 bridgehead atoms. The third-order valence-electron chi connectivity index (χ3n) is 7.78. The lowest BCUT2D eigenvalue weighted by molar-refractivity contribution is -0.137. The molecule has 212 valence electrons. The summed E-state index contributed by atoms with van der Waals surface area (Å²) in [6.45, 7) is 3.59. The second kappa shape index (κ2) is 11.8. The highest BCUT2D eigenvalue weighted by Crippen LogP contribution is 2.39. The molecule has 5 atom stereocenters. The normalized spacial score (nSPS) is 28.9. The average molecular weight is 550 g/mol. The van der Waals surface area contributed by atoms with Gasteiger partial charge >= 0.3 is 6.18 Å². The molecule has 0 spiro atoms. The number of nitrogens with two attached hydrogens (primary N) is 1. The van der Waals surface area contributed by atoms with E-state index >= 15 is 0 Å². The third-order valence-corrected chi connectivity index (χ3v) is 7.78. The molecule has 5 unspecified atom stereocenters. The number of nitrogens with zero attached hydrogens (tertiary/aromatic N) is 2. The maximum Gasteiger partial charge on any atom is 0.420 e. The van der Waals surface area contributed by atoms with Crippen molar-refractivity contribution in [2.75, 3.05) is 30.5 Å². The van der Waals surface area contributed by atoms with Crippen LogP contribution in [0.5, 0.6) is 0 Å². The van der Waals surface area contributed by atoms with Gasteiger partial charge in [-0.1, -0.05) is 25.8 Å². The average Bonchev–Trinajstić information content (AvgIpc) is 3.40. The minimum Gasteiger partial charge on any atom is -0.376 e. The predicted octanol–water partition coefficient (Wildman–Crippen LogP) is 5.57. The highest BCUT2D eigenvalue weighted by molar-refractivity contribution is 5.93. The molecule has 7 nitrogen and oxygen atoms in total. The third kappa shape index (κ3) is 6.53. The van der Waals surface area contributed by atoms with Gasteiger partial charge in [-0.05, 0) is 55.4 Å². The summed E-state index contributed by atoms with van der Waals surface area (Å²) in [4.78, 5) is 8.59. The molecule has 5 rings (SSSR count). The van der Waals surface area contributed by atoms with Crippen LogP contribution in [0.25, 0.3) is 0 Å². The van der Waals surface area contributed by atoms with E-state index in [0.29, 0.717) is 31.4 Å². The number of fused-ring (bicyclic) bond motifs is 1. The molecular formula is C28H35F4N5O2. The Labute approximate surface area is 225 Å². The Bertz CT molecular complexity index is 1170. The largest absolute Gasteiger partial charge is 0.420 e.